The third-order valence-corrected chi connectivity index (χ3v) is 1.71. The number of aryl methyl sites for hydroxylation is 1. The highest BCUT2D eigenvalue weighted by Gasteiger charge is 2.03. The van der Waals surface area contributed by atoms with Crippen molar-refractivity contribution in [3.63, 3.8) is 0 Å². The van der Waals surface area contributed by atoms with E-state index in [0.29, 0.717) is 4.77 Å². The van der Waals surface area contributed by atoms with Crippen LogP contribution in [0, 0.1) is 4.77 Å². The average molecular weight is 145 g/mol. The van der Waals surface area contributed by atoms with Gasteiger partial charge in [-0.25, -0.2) is 0 Å². The third kappa shape index (κ3) is 0.873. The molecule has 0 aliphatic heterocycles. The van der Waals surface area contributed by atoms with Gasteiger partial charge in [0.1, 0.15) is 14.1 Å². The lowest BCUT2D eigenvalue weighted by Gasteiger charge is -1.87. The van der Waals surface area contributed by atoms with Crippen LogP contribution >= 0.6 is 12.2 Å². The van der Waals surface area contributed by atoms with E-state index < -0.39 is 0 Å². The molecule has 0 aliphatic rings. The molecule has 4 nitrogen and oxygen atoms in total. The second-order valence-corrected chi connectivity index (χ2v) is 2.25. The molecule has 0 atom stereocenters. The lowest BCUT2D eigenvalue weighted by atomic mass is 11.2. The van der Waals surface area contributed by atoms with E-state index in [2.05, 4.69) is 5.10 Å². The maximum absolute atomic E-state index is 4.87. The van der Waals surface area contributed by atoms with Crippen molar-refractivity contribution in [2.24, 2.45) is 21.1 Å². The van der Waals surface area contributed by atoms with Gasteiger partial charge in [-0.2, -0.15) is 0 Å². The van der Waals surface area contributed by atoms with Crippen LogP contribution in [0.25, 0.3) is 0 Å². The standard InChI is InChI=1S/C4H9N4S/c1-6-4(9)5-7(2)8(6)3/h1-3H3/q+1. The van der Waals surface area contributed by atoms with Gasteiger partial charge in [-0.05, 0) is 17.3 Å². The Bertz CT molecular complexity index is 271. The summed E-state index contributed by atoms with van der Waals surface area (Å²) in [6, 6.07) is 0. The summed E-state index contributed by atoms with van der Waals surface area (Å²) in [7, 11) is 5.61. The first kappa shape index (κ1) is 6.41. The summed E-state index contributed by atoms with van der Waals surface area (Å²) < 4.78 is 2.38. The average Bonchev–Trinajstić information content (AvgIpc) is 1.98. The molecular formula is C4H9N4S+. The Balaban J connectivity index is 3.47. The lowest BCUT2D eigenvalue weighted by molar-refractivity contribution is -0.809. The first-order valence-corrected chi connectivity index (χ1v) is 3.00. The van der Waals surface area contributed by atoms with Crippen LogP contribution in [0.15, 0.2) is 0 Å². The van der Waals surface area contributed by atoms with Crippen molar-refractivity contribution < 1.29 is 4.80 Å². The fraction of sp³-hybridized carbons (Fsp3) is 0.750. The normalized spacial score (nSPS) is 10.1. The molecule has 1 aromatic heterocycles. The van der Waals surface area contributed by atoms with Gasteiger partial charge >= 0.3 is 4.77 Å². The van der Waals surface area contributed by atoms with Crippen LogP contribution in [0.2, 0.25) is 0 Å². The molecule has 0 bridgehead atoms. The Labute approximate surface area is 58.3 Å². The van der Waals surface area contributed by atoms with E-state index in [0.717, 1.165) is 0 Å². The van der Waals surface area contributed by atoms with Gasteiger partial charge in [0.2, 0.25) is 0 Å². The summed E-state index contributed by atoms with van der Waals surface area (Å²) in [4.78, 5) is 3.50. The van der Waals surface area contributed by atoms with Crippen LogP contribution in [-0.4, -0.2) is 14.6 Å². The topological polar surface area (TPSA) is 26.6 Å². The number of aromatic nitrogens is 4. The Morgan fingerprint density at radius 2 is 2.11 bits per heavy atom. The van der Waals surface area contributed by atoms with Gasteiger partial charge < -0.3 is 0 Å². The molecule has 0 fully saturated rings. The molecule has 0 saturated carbocycles. The maximum atomic E-state index is 4.87. The van der Waals surface area contributed by atoms with E-state index in [1.807, 2.05) is 25.9 Å². The summed E-state index contributed by atoms with van der Waals surface area (Å²) in [5.74, 6) is 0. The monoisotopic (exact) mass is 145 g/mol. The zero-order valence-corrected chi connectivity index (χ0v) is 6.51. The van der Waals surface area contributed by atoms with Gasteiger partial charge in [-0.3, -0.25) is 0 Å². The Hall–Kier alpha value is -0.710. The predicted molar refractivity (Wildman–Crippen MR) is 34.2 cm³/mol. The molecule has 5 heteroatoms. The minimum absolute atomic E-state index is 0.597. The van der Waals surface area contributed by atoms with Crippen molar-refractivity contribution in [1.29, 1.82) is 0 Å². The Morgan fingerprint density at radius 3 is 2.22 bits per heavy atom. The molecule has 0 saturated heterocycles. The highest BCUT2D eigenvalue weighted by Crippen LogP contribution is 1.75. The Kier molecular flexibility index (Phi) is 1.36. The minimum Gasteiger partial charge on any atom is -0.132 e. The molecule has 0 N–H and O–H groups in total. The van der Waals surface area contributed by atoms with E-state index in [1.54, 1.807) is 9.48 Å². The summed E-state index contributed by atoms with van der Waals surface area (Å²) >= 11 is 4.87. The van der Waals surface area contributed by atoms with Crippen molar-refractivity contribution in [2.45, 2.75) is 0 Å². The third-order valence-electron chi connectivity index (χ3n) is 1.36. The molecule has 0 amide bonds. The van der Waals surface area contributed by atoms with Gasteiger partial charge in [0.15, 0.2) is 0 Å². The van der Waals surface area contributed by atoms with Crippen molar-refractivity contribution in [3.05, 3.63) is 4.77 Å². The van der Waals surface area contributed by atoms with Gasteiger partial charge in [0.05, 0.1) is 7.05 Å². The van der Waals surface area contributed by atoms with E-state index in [9.17, 15) is 0 Å². The second-order valence-electron chi connectivity index (χ2n) is 1.89. The maximum Gasteiger partial charge on any atom is 0.346 e. The van der Waals surface area contributed by atoms with E-state index in [4.69, 9.17) is 12.2 Å². The molecule has 0 spiro atoms. The van der Waals surface area contributed by atoms with Crippen molar-refractivity contribution >= 4 is 12.2 Å². The molecule has 1 heterocycles. The number of hydrogen-bond acceptors (Lipinski definition) is 2. The molecule has 1 aromatic rings. The fourth-order valence-electron chi connectivity index (χ4n) is 0.571. The van der Waals surface area contributed by atoms with E-state index in [-0.39, 0.29) is 0 Å². The quantitative estimate of drug-likeness (QED) is 0.357. The SMILES string of the molecule is Cn1c(=S)n[n+](C)n1C. The first-order chi connectivity index (χ1) is 4.13. The van der Waals surface area contributed by atoms with Crippen LogP contribution in [-0.2, 0) is 21.1 Å². The predicted octanol–water partition coefficient (Wildman–Crippen LogP) is -0.687. The molecular weight excluding hydrogens is 136 g/mol. The van der Waals surface area contributed by atoms with Gasteiger partial charge in [-0.15, -0.1) is 4.68 Å². The van der Waals surface area contributed by atoms with Crippen LogP contribution in [0.3, 0.4) is 0 Å². The molecule has 50 valence electrons. The van der Waals surface area contributed by atoms with Gasteiger partial charge in [0, 0.05) is 0 Å². The molecule has 1 rings (SSSR count). The van der Waals surface area contributed by atoms with Crippen LogP contribution in [0.4, 0.5) is 0 Å². The molecule has 0 unspecified atom stereocenters. The smallest absolute Gasteiger partial charge is 0.132 e. The zero-order chi connectivity index (χ0) is 7.02. The fourth-order valence-corrected chi connectivity index (χ4v) is 0.808. The molecule has 0 aliphatic carbocycles. The van der Waals surface area contributed by atoms with Gasteiger partial charge in [0.25, 0.3) is 0 Å². The highest BCUT2D eigenvalue weighted by molar-refractivity contribution is 7.71. The summed E-state index contributed by atoms with van der Waals surface area (Å²) in [5, 5.41) is 3.97. The van der Waals surface area contributed by atoms with Crippen LogP contribution < -0.4 is 4.80 Å². The van der Waals surface area contributed by atoms with Gasteiger partial charge in [-0.1, -0.05) is 9.59 Å². The largest absolute Gasteiger partial charge is 0.346 e. The minimum atomic E-state index is 0.597. The number of nitrogens with zero attached hydrogens (tertiary/aromatic N) is 4. The molecule has 9 heavy (non-hydrogen) atoms. The van der Waals surface area contributed by atoms with Crippen LogP contribution in [0.1, 0.15) is 0 Å². The van der Waals surface area contributed by atoms with Crippen molar-refractivity contribution in [1.82, 2.24) is 14.6 Å². The second kappa shape index (κ2) is 1.91. The summed E-state index contributed by atoms with van der Waals surface area (Å²) in [6.45, 7) is 0. The zero-order valence-electron chi connectivity index (χ0n) is 5.70. The van der Waals surface area contributed by atoms with Crippen molar-refractivity contribution in [3.8, 4) is 0 Å². The van der Waals surface area contributed by atoms with Crippen molar-refractivity contribution in [2.75, 3.05) is 0 Å². The van der Waals surface area contributed by atoms with Crippen LogP contribution in [0.5, 0.6) is 0 Å². The molecule has 0 radical (unpaired) electrons. The number of hydrogen-bond donors (Lipinski definition) is 0. The summed E-state index contributed by atoms with van der Waals surface area (Å²) in [6.07, 6.45) is 0. The lowest BCUT2D eigenvalue weighted by Crippen LogP contribution is -2.41. The Morgan fingerprint density at radius 1 is 1.56 bits per heavy atom. The first-order valence-electron chi connectivity index (χ1n) is 2.59. The summed E-state index contributed by atoms with van der Waals surface area (Å²) in [5.41, 5.74) is 0. The highest BCUT2D eigenvalue weighted by atomic mass is 32.1. The number of tetrazole rings is 1. The molecule has 0 aromatic carbocycles. The number of rotatable bonds is 0. The van der Waals surface area contributed by atoms with E-state index in [1.165, 1.54) is 0 Å². The van der Waals surface area contributed by atoms with E-state index >= 15 is 0 Å².